The number of likely N-dealkylation sites (tertiary alicyclic amines) is 1. The summed E-state index contributed by atoms with van der Waals surface area (Å²) in [5.41, 5.74) is -0.632. The number of allylic oxidation sites excluding steroid dienone is 2. The highest BCUT2D eigenvalue weighted by molar-refractivity contribution is 6.19. The Morgan fingerprint density at radius 2 is 1.57 bits per heavy atom. The molecule has 8 rings (SSSR count). The number of carbonyl (C=O) groups is 3. The van der Waals surface area contributed by atoms with E-state index in [1.807, 2.05) is 6.92 Å². The van der Waals surface area contributed by atoms with E-state index in [0.29, 0.717) is 71.2 Å². The maximum atomic E-state index is 14.9. The molecule has 0 radical (unpaired) electrons. The zero-order valence-corrected chi connectivity index (χ0v) is 43.5. The van der Waals surface area contributed by atoms with Gasteiger partial charge in [0.25, 0.3) is 11.7 Å². The van der Waals surface area contributed by atoms with Crippen LogP contribution >= 0.6 is 0 Å². The molecule has 6 heterocycles. The highest BCUT2D eigenvalue weighted by Gasteiger charge is 2.50. The summed E-state index contributed by atoms with van der Waals surface area (Å²) in [5, 5.41) is 60.1. The smallest absolute Gasteiger partial charge is 0.410 e. The van der Waals surface area contributed by atoms with E-state index in [1.165, 1.54) is 20.3 Å². The van der Waals surface area contributed by atoms with Gasteiger partial charge in [-0.3, -0.25) is 24.5 Å². The van der Waals surface area contributed by atoms with E-state index in [9.17, 15) is 34.8 Å². The van der Waals surface area contributed by atoms with Crippen LogP contribution in [-0.4, -0.2) is 173 Å². The van der Waals surface area contributed by atoms with Crippen LogP contribution in [0.25, 0.3) is 10.8 Å². The average molecular weight is 1010 g/mol. The van der Waals surface area contributed by atoms with Crippen LogP contribution in [0.15, 0.2) is 46.1 Å². The third kappa shape index (κ3) is 11.0. The van der Waals surface area contributed by atoms with Crippen LogP contribution in [0.2, 0.25) is 0 Å². The molecule has 0 aliphatic carbocycles. The fraction of sp³-hybridized carbons (Fsp3) is 0.642. The van der Waals surface area contributed by atoms with E-state index >= 15 is 0 Å². The van der Waals surface area contributed by atoms with Crippen LogP contribution in [0.3, 0.4) is 0 Å². The molecule has 19 nitrogen and oxygen atoms in total. The van der Waals surface area contributed by atoms with Crippen LogP contribution in [0.1, 0.15) is 84.2 Å². The Bertz CT molecular complexity index is 2570. The van der Waals surface area contributed by atoms with E-state index in [0.717, 1.165) is 6.54 Å². The van der Waals surface area contributed by atoms with Crippen molar-refractivity contribution in [2.75, 3.05) is 84.6 Å². The Morgan fingerprint density at radius 3 is 2.22 bits per heavy atom. The van der Waals surface area contributed by atoms with Crippen molar-refractivity contribution in [3.63, 3.8) is 0 Å². The van der Waals surface area contributed by atoms with Crippen molar-refractivity contribution in [2.24, 2.45) is 39.6 Å². The largest absolute Gasteiger partial charge is 0.507 e. The number of piperazine rings is 1. The molecule has 2 aromatic rings. The minimum atomic E-state index is -2.00. The van der Waals surface area contributed by atoms with Gasteiger partial charge in [0.05, 0.1) is 60.7 Å². The number of carbonyl (C=O) groups excluding carboxylic acids is 3. The highest BCUT2D eigenvalue weighted by Crippen LogP contribution is 2.50. The monoisotopic (exact) mass is 1000 g/mol. The molecule has 5 bridgehead atoms. The molecule has 72 heavy (non-hydrogen) atoms. The summed E-state index contributed by atoms with van der Waals surface area (Å²) in [5.74, 6) is -6.21. The molecule has 2 aromatic carbocycles. The van der Waals surface area contributed by atoms with Gasteiger partial charge in [-0.15, -0.1) is 0 Å². The summed E-state index contributed by atoms with van der Waals surface area (Å²) in [6.07, 6.45) is 4.22. The molecule has 6 aliphatic heterocycles. The summed E-state index contributed by atoms with van der Waals surface area (Å²) < 4.78 is 30.3. The number of ketones is 1. The first-order chi connectivity index (χ1) is 34.1. The molecule has 1 spiro atoms. The van der Waals surface area contributed by atoms with Gasteiger partial charge in [-0.25, -0.2) is 4.79 Å². The molecule has 9 atom stereocenters. The fourth-order valence-electron chi connectivity index (χ4n) is 10.7. The number of nitrogens with zero attached hydrogens (tertiary/aromatic N) is 5. The minimum absolute atomic E-state index is 0.0253. The summed E-state index contributed by atoms with van der Waals surface area (Å²) >= 11 is 0. The van der Waals surface area contributed by atoms with Gasteiger partial charge in [0.15, 0.2) is 11.4 Å². The summed E-state index contributed by atoms with van der Waals surface area (Å²) in [6.45, 7) is 21.5. The number of hydrogen-bond acceptors (Lipinski definition) is 17. The molecular weight excluding hydrogens is 929 g/mol. The summed E-state index contributed by atoms with van der Waals surface area (Å²) in [4.78, 5) is 59.5. The van der Waals surface area contributed by atoms with Crippen molar-refractivity contribution < 1.29 is 63.6 Å². The molecule has 396 valence electrons. The lowest BCUT2D eigenvalue weighted by atomic mass is 9.78. The van der Waals surface area contributed by atoms with E-state index in [-0.39, 0.29) is 68.6 Å². The first-order valence-corrected chi connectivity index (χ1v) is 25.4. The fourth-order valence-corrected chi connectivity index (χ4v) is 10.7. The van der Waals surface area contributed by atoms with Gasteiger partial charge in [0, 0.05) is 119 Å². The van der Waals surface area contributed by atoms with Crippen molar-refractivity contribution in [2.45, 2.75) is 111 Å². The quantitative estimate of drug-likeness (QED) is 0.154. The van der Waals surface area contributed by atoms with E-state index in [2.05, 4.69) is 29.0 Å². The molecule has 19 heteroatoms. The lowest BCUT2D eigenvalue weighted by Crippen LogP contribution is -2.52. The van der Waals surface area contributed by atoms with Gasteiger partial charge in [-0.05, 0) is 25.8 Å². The van der Waals surface area contributed by atoms with Crippen LogP contribution < -0.4 is 20.8 Å². The third-order valence-corrected chi connectivity index (χ3v) is 15.2. The van der Waals surface area contributed by atoms with Gasteiger partial charge in [-0.1, -0.05) is 59.8 Å². The number of aliphatic hydroxyl groups is 3. The first kappa shape index (κ1) is 54.6. The predicted molar refractivity (Wildman–Crippen MR) is 268 cm³/mol. The van der Waals surface area contributed by atoms with E-state index in [4.69, 9.17) is 38.8 Å². The topological polar surface area (TPSA) is 245 Å². The molecule has 0 aromatic heterocycles. The summed E-state index contributed by atoms with van der Waals surface area (Å²) in [6, 6.07) is 0. The van der Waals surface area contributed by atoms with Gasteiger partial charge >= 0.3 is 11.9 Å². The molecule has 0 saturated carbocycles. The number of amides is 2. The maximum absolute atomic E-state index is 14.9. The minimum Gasteiger partial charge on any atom is -0.507 e. The van der Waals surface area contributed by atoms with Crippen molar-refractivity contribution in [1.29, 1.82) is 0 Å². The lowest BCUT2D eigenvalue weighted by Gasteiger charge is -2.40. The Morgan fingerprint density at radius 1 is 0.889 bits per heavy atom. The van der Waals surface area contributed by atoms with Crippen LogP contribution in [0.5, 0.6) is 17.2 Å². The Balaban J connectivity index is 1.28. The number of benzene rings is 2. The molecule has 2 amide bonds. The number of ether oxygens (including phenoxy) is 5. The maximum Gasteiger partial charge on any atom is 0.410 e. The number of aromatic hydroxyl groups is 2. The lowest BCUT2D eigenvalue weighted by molar-refractivity contribution is -0.112. The SMILES string of the molecule is CO[C@H]1/C=C/O[C@@]2(C)Oc3c(C)c(O)c4c(O)c(c5c(c4c3C2=O)=NC2(CCN(CC(C)C)CC2)N=5)NC(=O)/C(C)=C\C=C\[C@H](C)[C@H](O)[C@@H](C)[C@@H](O)[C@@H](C)[C@H](OC(=O)N2CCN(CCOCCO)CC2)[C@@H]1C. The number of piperidine rings is 1. The number of phenols is 2. The zero-order valence-electron chi connectivity index (χ0n) is 43.5. The van der Waals surface area contributed by atoms with Gasteiger partial charge in [0.1, 0.15) is 28.6 Å². The van der Waals surface area contributed by atoms with Gasteiger partial charge < -0.3 is 64.3 Å². The standard InChI is InChI=1S/C53H76N6O13/c1-29(2)28-58-17-15-53(16-18-58)55-40-37-38-45(63)35(8)48-39(37)49(65)52(9,72-48)70-25-14-36(68-10)32(5)47(71-51(67)59-21-19-57(20-22-59)23-26-69-27-24-60)34(7)44(62)33(6)43(61)30(3)12-11-13-31(4)50(66)54-42(46(38)64)41(40)56-53/h11-14,25,29-30,32-34,36,43-44,47,60-64H,15-24,26-28H2,1-10H3,(H,54,66)/b12-11+,25-14+,31-13-/t30-,32+,33+,34+,36-,43-,44+,47+,52-/m0/s1. The predicted octanol–water partition coefficient (Wildman–Crippen LogP) is 3.95. The van der Waals surface area contributed by atoms with Crippen LogP contribution in [0.4, 0.5) is 10.5 Å². The second-order valence-corrected chi connectivity index (χ2v) is 20.9. The first-order valence-electron chi connectivity index (χ1n) is 25.4. The van der Waals surface area contributed by atoms with E-state index < -0.39 is 83.1 Å². The van der Waals surface area contributed by atoms with Gasteiger partial charge in [-0.2, -0.15) is 0 Å². The second-order valence-electron chi connectivity index (χ2n) is 20.9. The number of rotatable bonds is 9. The van der Waals surface area contributed by atoms with E-state index in [1.54, 1.807) is 63.8 Å². The molecule has 6 N–H and O–H groups in total. The number of hydrogen-bond donors (Lipinski definition) is 6. The number of anilines is 1. The van der Waals surface area contributed by atoms with Crippen molar-refractivity contribution >= 4 is 34.2 Å². The number of methoxy groups -OCH3 is 1. The number of fused-ring (bicyclic) bond motifs is 13. The molecule has 6 aliphatic rings. The van der Waals surface area contributed by atoms with Crippen molar-refractivity contribution in [1.82, 2.24) is 14.7 Å². The highest BCUT2D eigenvalue weighted by atomic mass is 16.7. The van der Waals surface area contributed by atoms with Crippen molar-refractivity contribution in [3.05, 3.63) is 58.0 Å². The Labute approximate surface area is 421 Å². The molecule has 0 unspecified atom stereocenters. The number of nitrogens with one attached hydrogen (secondary N) is 1. The molecular formula is C53H76N6O13. The third-order valence-electron chi connectivity index (χ3n) is 15.2. The normalized spacial score (nSPS) is 31.1. The van der Waals surface area contributed by atoms with Crippen molar-refractivity contribution in [3.8, 4) is 17.2 Å². The van der Waals surface area contributed by atoms with Gasteiger partial charge in [0.2, 0.25) is 0 Å². The summed E-state index contributed by atoms with van der Waals surface area (Å²) in [7, 11) is 1.48. The van der Waals surface area contributed by atoms with Crippen LogP contribution in [0, 0.1) is 36.5 Å². The Kier molecular flexibility index (Phi) is 17.1. The zero-order chi connectivity index (χ0) is 52.4. The number of aliphatic hydroxyl groups excluding tert-OH is 3. The number of Topliss-reactive ketones (excluding diaryl/α,β-unsaturated/α-hetero) is 1. The Hall–Kier alpha value is -5.15. The molecule has 2 fully saturated rings. The second kappa shape index (κ2) is 22.5. The molecule has 2 saturated heterocycles. The number of phenolic OH excluding ortho intramolecular Hbond substituents is 2. The van der Waals surface area contributed by atoms with Crippen LogP contribution in [-0.2, 0) is 23.7 Å². The average Bonchev–Trinajstić information content (AvgIpc) is 3.86.